The molecule has 0 aliphatic heterocycles. The number of aromatic nitrogens is 1. The zero-order valence-corrected chi connectivity index (χ0v) is 14.9. The minimum absolute atomic E-state index is 0.177. The molecule has 0 aliphatic carbocycles. The summed E-state index contributed by atoms with van der Waals surface area (Å²) in [6.45, 7) is 2.55. The van der Waals surface area contributed by atoms with Crippen molar-refractivity contribution >= 4 is 17.2 Å². The summed E-state index contributed by atoms with van der Waals surface area (Å²) < 4.78 is 16.2. The average molecular weight is 368 g/mol. The SMILES string of the molecule is Cc1sc(-c2ccco2)nc1C(=O)N(Cc1ccco1)Cc1ccco1. The van der Waals surface area contributed by atoms with E-state index >= 15 is 0 Å². The van der Waals surface area contributed by atoms with E-state index in [2.05, 4.69) is 4.98 Å². The molecule has 0 fully saturated rings. The molecule has 26 heavy (non-hydrogen) atoms. The Morgan fingerprint density at radius 1 is 1.00 bits per heavy atom. The largest absolute Gasteiger partial charge is 0.467 e. The maximum atomic E-state index is 13.2. The molecule has 7 heteroatoms. The van der Waals surface area contributed by atoms with Crippen LogP contribution in [-0.4, -0.2) is 15.8 Å². The molecule has 1 amide bonds. The zero-order chi connectivity index (χ0) is 17.9. The third-order valence-corrected chi connectivity index (χ3v) is 4.86. The van der Waals surface area contributed by atoms with Crippen molar-refractivity contribution in [3.63, 3.8) is 0 Å². The Hall–Kier alpha value is -3.06. The smallest absolute Gasteiger partial charge is 0.274 e. The fourth-order valence-electron chi connectivity index (χ4n) is 2.63. The van der Waals surface area contributed by atoms with Crippen LogP contribution in [0.4, 0.5) is 0 Å². The Balaban J connectivity index is 1.63. The van der Waals surface area contributed by atoms with Crippen molar-refractivity contribution in [1.29, 1.82) is 0 Å². The minimum atomic E-state index is -0.177. The van der Waals surface area contributed by atoms with Gasteiger partial charge in [-0.3, -0.25) is 4.79 Å². The molecular weight excluding hydrogens is 352 g/mol. The molecule has 0 spiro atoms. The molecule has 0 N–H and O–H groups in total. The Morgan fingerprint density at radius 2 is 1.62 bits per heavy atom. The lowest BCUT2D eigenvalue weighted by molar-refractivity contribution is 0.0699. The number of furan rings is 3. The highest BCUT2D eigenvalue weighted by Gasteiger charge is 2.24. The highest BCUT2D eigenvalue weighted by Crippen LogP contribution is 2.29. The fourth-order valence-corrected chi connectivity index (χ4v) is 3.50. The van der Waals surface area contributed by atoms with E-state index in [9.17, 15) is 4.79 Å². The molecule has 0 saturated heterocycles. The third-order valence-electron chi connectivity index (χ3n) is 3.87. The first-order valence-electron chi connectivity index (χ1n) is 8.06. The van der Waals surface area contributed by atoms with E-state index in [-0.39, 0.29) is 5.91 Å². The van der Waals surface area contributed by atoms with Gasteiger partial charge in [0.1, 0.15) is 17.2 Å². The Morgan fingerprint density at radius 3 is 2.15 bits per heavy atom. The minimum Gasteiger partial charge on any atom is -0.467 e. The predicted octanol–water partition coefficient (Wildman–Crippen LogP) is 4.74. The van der Waals surface area contributed by atoms with Gasteiger partial charge in [0.05, 0.1) is 31.9 Å². The van der Waals surface area contributed by atoms with Crippen LogP contribution < -0.4 is 0 Å². The highest BCUT2D eigenvalue weighted by atomic mass is 32.1. The number of nitrogens with zero attached hydrogens (tertiary/aromatic N) is 2. The molecule has 0 aliphatic rings. The van der Waals surface area contributed by atoms with Crippen LogP contribution in [-0.2, 0) is 13.1 Å². The summed E-state index contributed by atoms with van der Waals surface area (Å²) in [6.07, 6.45) is 4.77. The normalized spacial score (nSPS) is 11.0. The van der Waals surface area contributed by atoms with Crippen molar-refractivity contribution in [2.45, 2.75) is 20.0 Å². The van der Waals surface area contributed by atoms with Gasteiger partial charge in [0, 0.05) is 4.88 Å². The monoisotopic (exact) mass is 368 g/mol. The summed E-state index contributed by atoms with van der Waals surface area (Å²) in [6, 6.07) is 10.9. The summed E-state index contributed by atoms with van der Waals surface area (Å²) in [5.41, 5.74) is 0.416. The van der Waals surface area contributed by atoms with E-state index in [0.29, 0.717) is 41.1 Å². The number of thiazole rings is 1. The molecule has 4 rings (SSSR count). The zero-order valence-electron chi connectivity index (χ0n) is 14.0. The van der Waals surface area contributed by atoms with E-state index in [4.69, 9.17) is 13.3 Å². The number of hydrogen-bond acceptors (Lipinski definition) is 6. The molecular formula is C19H16N2O4S. The number of rotatable bonds is 6. The fraction of sp³-hybridized carbons (Fsp3) is 0.158. The van der Waals surface area contributed by atoms with Crippen LogP contribution in [0.1, 0.15) is 26.9 Å². The molecule has 0 unspecified atom stereocenters. The van der Waals surface area contributed by atoms with Crippen molar-refractivity contribution in [2.24, 2.45) is 0 Å². The van der Waals surface area contributed by atoms with Gasteiger partial charge in [0.2, 0.25) is 0 Å². The number of carbonyl (C=O) groups excluding carboxylic acids is 1. The molecule has 0 bridgehead atoms. The van der Waals surface area contributed by atoms with E-state index in [1.54, 1.807) is 41.9 Å². The van der Waals surface area contributed by atoms with Crippen LogP contribution in [0.15, 0.2) is 68.4 Å². The van der Waals surface area contributed by atoms with E-state index < -0.39 is 0 Å². The first-order chi connectivity index (χ1) is 12.7. The topological polar surface area (TPSA) is 72.6 Å². The average Bonchev–Trinajstić information content (AvgIpc) is 3.41. The number of aryl methyl sites for hydroxylation is 1. The van der Waals surface area contributed by atoms with Gasteiger partial charge in [-0.05, 0) is 43.3 Å². The van der Waals surface area contributed by atoms with Gasteiger partial charge in [-0.15, -0.1) is 11.3 Å². The summed E-state index contributed by atoms with van der Waals surface area (Å²) in [5.74, 6) is 1.87. The summed E-state index contributed by atoms with van der Waals surface area (Å²) in [4.78, 5) is 20.2. The Kier molecular flexibility index (Phi) is 4.45. The van der Waals surface area contributed by atoms with Gasteiger partial charge >= 0.3 is 0 Å². The summed E-state index contributed by atoms with van der Waals surface area (Å²) >= 11 is 1.43. The first kappa shape index (κ1) is 16.4. The lowest BCUT2D eigenvalue weighted by Crippen LogP contribution is -2.30. The standard InChI is InChI=1S/C19H16N2O4S/c1-13-17(20-18(26-13)16-7-4-10-25-16)19(22)21(11-14-5-2-8-23-14)12-15-6-3-9-24-15/h2-10H,11-12H2,1H3. The van der Waals surface area contributed by atoms with Crippen LogP contribution in [0.5, 0.6) is 0 Å². The van der Waals surface area contributed by atoms with Gasteiger partial charge in [0.25, 0.3) is 5.91 Å². The van der Waals surface area contributed by atoms with Crippen molar-refractivity contribution < 1.29 is 18.0 Å². The molecule has 6 nitrogen and oxygen atoms in total. The second kappa shape index (κ2) is 7.05. The molecule has 0 saturated carbocycles. The Labute approximate surface area is 153 Å². The van der Waals surface area contributed by atoms with Crippen molar-refractivity contribution in [3.05, 3.63) is 77.3 Å². The van der Waals surface area contributed by atoms with Gasteiger partial charge in [0.15, 0.2) is 10.8 Å². The molecule has 4 heterocycles. The predicted molar refractivity (Wildman–Crippen MR) is 95.5 cm³/mol. The van der Waals surface area contributed by atoms with Crippen LogP contribution in [0.2, 0.25) is 0 Å². The summed E-state index contributed by atoms with van der Waals surface area (Å²) in [7, 11) is 0. The third kappa shape index (κ3) is 3.34. The molecule has 0 aromatic carbocycles. The van der Waals surface area contributed by atoms with E-state index in [1.807, 2.05) is 25.1 Å². The second-order valence-corrected chi connectivity index (χ2v) is 6.92. The molecule has 132 valence electrons. The van der Waals surface area contributed by atoms with Crippen LogP contribution in [0.25, 0.3) is 10.8 Å². The van der Waals surface area contributed by atoms with Gasteiger partial charge in [-0.2, -0.15) is 0 Å². The van der Waals surface area contributed by atoms with Gasteiger partial charge in [-0.1, -0.05) is 0 Å². The molecule has 4 aromatic rings. The van der Waals surface area contributed by atoms with Crippen LogP contribution in [0, 0.1) is 6.92 Å². The van der Waals surface area contributed by atoms with E-state index in [0.717, 1.165) is 4.88 Å². The van der Waals surface area contributed by atoms with Gasteiger partial charge < -0.3 is 18.2 Å². The molecule has 0 radical (unpaired) electrons. The molecule has 0 atom stereocenters. The quantitative estimate of drug-likeness (QED) is 0.491. The van der Waals surface area contributed by atoms with Gasteiger partial charge in [-0.25, -0.2) is 4.98 Å². The number of amides is 1. The Bertz CT molecular complexity index is 933. The second-order valence-electron chi connectivity index (χ2n) is 5.72. The van der Waals surface area contributed by atoms with Crippen molar-refractivity contribution in [3.8, 4) is 10.8 Å². The van der Waals surface area contributed by atoms with Crippen molar-refractivity contribution in [1.82, 2.24) is 9.88 Å². The van der Waals surface area contributed by atoms with Crippen LogP contribution >= 0.6 is 11.3 Å². The lowest BCUT2D eigenvalue weighted by Gasteiger charge is -2.20. The highest BCUT2D eigenvalue weighted by molar-refractivity contribution is 7.15. The van der Waals surface area contributed by atoms with E-state index in [1.165, 1.54) is 11.3 Å². The maximum Gasteiger partial charge on any atom is 0.274 e. The number of hydrogen-bond donors (Lipinski definition) is 0. The first-order valence-corrected chi connectivity index (χ1v) is 8.87. The van der Waals surface area contributed by atoms with Crippen LogP contribution in [0.3, 0.4) is 0 Å². The summed E-state index contributed by atoms with van der Waals surface area (Å²) in [5, 5.41) is 0.687. The number of carbonyl (C=O) groups is 1. The molecule has 4 aromatic heterocycles. The maximum absolute atomic E-state index is 13.2. The van der Waals surface area contributed by atoms with Crippen molar-refractivity contribution in [2.75, 3.05) is 0 Å². The lowest BCUT2D eigenvalue weighted by atomic mass is 10.2.